The van der Waals surface area contributed by atoms with Gasteiger partial charge in [0.05, 0.1) is 6.61 Å². The fraction of sp³-hybridized carbons (Fsp3) is 0.632. The Bertz CT molecular complexity index is 479. The first-order valence-corrected chi connectivity index (χ1v) is 8.80. The van der Waals surface area contributed by atoms with Gasteiger partial charge in [0.15, 0.2) is 0 Å². The molecule has 1 amide bonds. The first-order chi connectivity index (χ1) is 11.1. The van der Waals surface area contributed by atoms with Crippen molar-refractivity contribution in [1.29, 1.82) is 0 Å². The highest BCUT2D eigenvalue weighted by atomic mass is 16.3. The van der Waals surface area contributed by atoms with E-state index in [1.807, 2.05) is 24.1 Å². The fourth-order valence-electron chi connectivity index (χ4n) is 3.16. The number of piperidine rings is 1. The number of amides is 1. The van der Waals surface area contributed by atoms with E-state index < -0.39 is 0 Å². The molecule has 1 aromatic rings. The predicted molar refractivity (Wildman–Crippen MR) is 92.9 cm³/mol. The number of nitrogens with zero attached hydrogens (tertiary/aromatic N) is 2. The molecular weight excluding hydrogens is 288 g/mol. The SMILES string of the molecule is CCCCN(C)C(=O)C1CCN(Cc2ccc(CO)cc2)CC1. The van der Waals surface area contributed by atoms with Gasteiger partial charge in [-0.05, 0) is 43.5 Å². The Morgan fingerprint density at radius 1 is 1.22 bits per heavy atom. The maximum absolute atomic E-state index is 12.4. The molecule has 0 saturated carbocycles. The average molecular weight is 318 g/mol. The maximum Gasteiger partial charge on any atom is 0.225 e. The lowest BCUT2D eigenvalue weighted by molar-refractivity contribution is -0.135. The van der Waals surface area contributed by atoms with Gasteiger partial charge < -0.3 is 10.0 Å². The van der Waals surface area contributed by atoms with Gasteiger partial charge in [-0.15, -0.1) is 0 Å². The molecule has 1 heterocycles. The largest absolute Gasteiger partial charge is 0.392 e. The van der Waals surface area contributed by atoms with Crippen LogP contribution in [0.5, 0.6) is 0 Å². The van der Waals surface area contributed by atoms with Gasteiger partial charge in [0, 0.05) is 26.1 Å². The summed E-state index contributed by atoms with van der Waals surface area (Å²) in [5.41, 5.74) is 2.22. The number of carbonyl (C=O) groups excluding carboxylic acids is 1. The monoisotopic (exact) mass is 318 g/mol. The molecule has 0 unspecified atom stereocenters. The molecule has 23 heavy (non-hydrogen) atoms. The quantitative estimate of drug-likeness (QED) is 0.840. The molecule has 1 aliphatic rings. The third-order valence-electron chi connectivity index (χ3n) is 4.77. The van der Waals surface area contributed by atoms with Crippen LogP contribution >= 0.6 is 0 Å². The zero-order valence-corrected chi connectivity index (χ0v) is 14.5. The first-order valence-electron chi connectivity index (χ1n) is 8.80. The van der Waals surface area contributed by atoms with Crippen molar-refractivity contribution in [3.63, 3.8) is 0 Å². The Kier molecular flexibility index (Phi) is 7.06. The smallest absolute Gasteiger partial charge is 0.225 e. The van der Waals surface area contributed by atoms with E-state index in [2.05, 4.69) is 24.0 Å². The number of carbonyl (C=O) groups is 1. The van der Waals surface area contributed by atoms with Crippen LogP contribution in [0.2, 0.25) is 0 Å². The van der Waals surface area contributed by atoms with Gasteiger partial charge in [-0.25, -0.2) is 0 Å². The average Bonchev–Trinajstić information content (AvgIpc) is 2.60. The van der Waals surface area contributed by atoms with Crippen molar-refractivity contribution in [3.05, 3.63) is 35.4 Å². The van der Waals surface area contributed by atoms with Gasteiger partial charge in [0.2, 0.25) is 5.91 Å². The minimum absolute atomic E-state index is 0.0966. The molecule has 128 valence electrons. The molecule has 1 saturated heterocycles. The molecule has 4 nitrogen and oxygen atoms in total. The molecule has 0 atom stereocenters. The van der Waals surface area contributed by atoms with Crippen LogP contribution < -0.4 is 0 Å². The molecule has 2 rings (SSSR count). The second-order valence-electron chi connectivity index (χ2n) is 6.64. The number of likely N-dealkylation sites (tertiary alicyclic amines) is 1. The topological polar surface area (TPSA) is 43.8 Å². The van der Waals surface area contributed by atoms with Crippen molar-refractivity contribution in [2.24, 2.45) is 5.92 Å². The summed E-state index contributed by atoms with van der Waals surface area (Å²) < 4.78 is 0. The summed E-state index contributed by atoms with van der Waals surface area (Å²) in [5, 5.41) is 9.08. The van der Waals surface area contributed by atoms with E-state index in [0.29, 0.717) is 5.91 Å². The molecule has 0 bridgehead atoms. The number of aliphatic hydroxyl groups excluding tert-OH is 1. The Morgan fingerprint density at radius 3 is 2.39 bits per heavy atom. The normalized spacial score (nSPS) is 16.5. The minimum Gasteiger partial charge on any atom is -0.392 e. The summed E-state index contributed by atoms with van der Waals surface area (Å²) in [5.74, 6) is 0.523. The number of hydrogen-bond donors (Lipinski definition) is 1. The van der Waals surface area contributed by atoms with Gasteiger partial charge in [-0.2, -0.15) is 0 Å². The van der Waals surface area contributed by atoms with Gasteiger partial charge in [-0.1, -0.05) is 37.6 Å². The number of unbranched alkanes of at least 4 members (excludes halogenated alkanes) is 1. The van der Waals surface area contributed by atoms with Crippen molar-refractivity contribution in [3.8, 4) is 0 Å². The van der Waals surface area contributed by atoms with Crippen molar-refractivity contribution in [2.75, 3.05) is 26.7 Å². The standard InChI is InChI=1S/C19H30N2O2/c1-3-4-11-20(2)19(23)18-9-12-21(13-10-18)14-16-5-7-17(15-22)8-6-16/h5-8,18,22H,3-4,9-15H2,1-2H3. The third-order valence-corrected chi connectivity index (χ3v) is 4.77. The lowest BCUT2D eigenvalue weighted by atomic mass is 9.95. The summed E-state index contributed by atoms with van der Waals surface area (Å²) in [7, 11) is 1.94. The van der Waals surface area contributed by atoms with Crippen LogP contribution in [-0.2, 0) is 17.9 Å². The van der Waals surface area contributed by atoms with Crippen LogP contribution in [0.25, 0.3) is 0 Å². The lowest BCUT2D eigenvalue weighted by Gasteiger charge is -2.33. The van der Waals surface area contributed by atoms with E-state index in [0.717, 1.165) is 57.4 Å². The predicted octanol–water partition coefficient (Wildman–Crippen LogP) is 2.65. The van der Waals surface area contributed by atoms with Gasteiger partial charge in [0.25, 0.3) is 0 Å². The van der Waals surface area contributed by atoms with Crippen molar-refractivity contribution >= 4 is 5.91 Å². The highest BCUT2D eigenvalue weighted by molar-refractivity contribution is 5.78. The van der Waals surface area contributed by atoms with Crippen LogP contribution in [0.15, 0.2) is 24.3 Å². The number of rotatable bonds is 7. The molecule has 1 aromatic carbocycles. The summed E-state index contributed by atoms with van der Waals surface area (Å²) in [6.07, 6.45) is 4.14. The molecule has 0 aliphatic carbocycles. The highest BCUT2D eigenvalue weighted by Crippen LogP contribution is 2.21. The first kappa shape index (κ1) is 18.0. The molecule has 0 radical (unpaired) electrons. The fourth-order valence-corrected chi connectivity index (χ4v) is 3.16. The summed E-state index contributed by atoms with van der Waals surface area (Å²) >= 11 is 0. The molecule has 0 spiro atoms. The zero-order chi connectivity index (χ0) is 16.7. The van der Waals surface area contributed by atoms with Crippen molar-refractivity contribution in [1.82, 2.24) is 9.80 Å². The van der Waals surface area contributed by atoms with Crippen LogP contribution in [0.4, 0.5) is 0 Å². The zero-order valence-electron chi connectivity index (χ0n) is 14.5. The molecule has 1 fully saturated rings. The van der Waals surface area contributed by atoms with Gasteiger partial charge in [-0.3, -0.25) is 9.69 Å². The number of hydrogen-bond acceptors (Lipinski definition) is 3. The second kappa shape index (κ2) is 9.04. The third kappa shape index (κ3) is 5.33. The van der Waals surface area contributed by atoms with E-state index in [-0.39, 0.29) is 12.5 Å². The second-order valence-corrected chi connectivity index (χ2v) is 6.64. The molecule has 4 heteroatoms. The van der Waals surface area contributed by atoms with E-state index in [9.17, 15) is 4.79 Å². The van der Waals surface area contributed by atoms with E-state index in [1.54, 1.807) is 0 Å². The number of aliphatic hydroxyl groups is 1. The maximum atomic E-state index is 12.4. The Hall–Kier alpha value is -1.39. The number of benzene rings is 1. The Balaban J connectivity index is 1.77. The van der Waals surface area contributed by atoms with Crippen molar-refractivity contribution in [2.45, 2.75) is 45.8 Å². The molecule has 1 N–H and O–H groups in total. The van der Waals surface area contributed by atoms with E-state index in [1.165, 1.54) is 5.56 Å². The molecule has 0 aromatic heterocycles. The van der Waals surface area contributed by atoms with Gasteiger partial charge in [0.1, 0.15) is 0 Å². The Morgan fingerprint density at radius 2 is 1.83 bits per heavy atom. The summed E-state index contributed by atoms with van der Waals surface area (Å²) in [6.45, 7) is 6.04. The lowest BCUT2D eigenvalue weighted by Crippen LogP contribution is -2.41. The van der Waals surface area contributed by atoms with Crippen LogP contribution in [0.3, 0.4) is 0 Å². The van der Waals surface area contributed by atoms with E-state index >= 15 is 0 Å². The van der Waals surface area contributed by atoms with Crippen LogP contribution in [0.1, 0.15) is 43.7 Å². The van der Waals surface area contributed by atoms with Crippen molar-refractivity contribution < 1.29 is 9.90 Å². The minimum atomic E-state index is 0.0966. The molecule has 1 aliphatic heterocycles. The summed E-state index contributed by atoms with van der Waals surface area (Å²) in [4.78, 5) is 16.8. The summed E-state index contributed by atoms with van der Waals surface area (Å²) in [6, 6.07) is 8.13. The molecular formula is C19H30N2O2. The highest BCUT2D eigenvalue weighted by Gasteiger charge is 2.26. The van der Waals surface area contributed by atoms with E-state index in [4.69, 9.17) is 5.11 Å². The Labute approximate surface area is 140 Å². The van der Waals surface area contributed by atoms with Crippen LogP contribution in [0, 0.1) is 5.92 Å². The van der Waals surface area contributed by atoms with Crippen LogP contribution in [-0.4, -0.2) is 47.5 Å². The van der Waals surface area contributed by atoms with Gasteiger partial charge >= 0.3 is 0 Å².